The van der Waals surface area contributed by atoms with E-state index in [2.05, 4.69) is 9.55 Å². The topological polar surface area (TPSA) is 81.1 Å². The number of nitrogens with two attached hydrogens (primary N) is 1. The van der Waals surface area contributed by atoms with E-state index in [-0.39, 0.29) is 6.04 Å². The van der Waals surface area contributed by atoms with Gasteiger partial charge in [-0.25, -0.2) is 4.98 Å². The van der Waals surface area contributed by atoms with Crippen molar-refractivity contribution in [3.63, 3.8) is 0 Å². The van der Waals surface area contributed by atoms with Gasteiger partial charge in [0.05, 0.1) is 12.0 Å². The van der Waals surface area contributed by atoms with Crippen molar-refractivity contribution in [3.05, 3.63) is 17.7 Å². The molecule has 0 aliphatic heterocycles. The summed E-state index contributed by atoms with van der Waals surface area (Å²) in [4.78, 5) is 15.5. The number of hydrogen-bond acceptors (Lipinski definition) is 3. The second-order valence-electron chi connectivity index (χ2n) is 5.53. The van der Waals surface area contributed by atoms with Crippen LogP contribution in [0.3, 0.4) is 0 Å². The van der Waals surface area contributed by atoms with Gasteiger partial charge in [-0.3, -0.25) is 4.79 Å². The normalized spacial score (nSPS) is 19.9. The number of imidazole rings is 1. The van der Waals surface area contributed by atoms with Gasteiger partial charge in [0.2, 0.25) is 0 Å². The molecule has 3 N–H and O–H groups in total. The molecule has 18 heavy (non-hydrogen) atoms. The quantitative estimate of drug-likeness (QED) is 0.850. The van der Waals surface area contributed by atoms with Crippen molar-refractivity contribution in [2.45, 2.75) is 57.5 Å². The van der Waals surface area contributed by atoms with Crippen molar-refractivity contribution < 1.29 is 9.90 Å². The predicted molar refractivity (Wildman–Crippen MR) is 68.4 cm³/mol. The maximum Gasteiger partial charge on any atom is 0.323 e. The number of aliphatic carboxylic acids is 1. The van der Waals surface area contributed by atoms with E-state index in [9.17, 15) is 4.79 Å². The molecule has 0 radical (unpaired) electrons. The molecule has 5 heteroatoms. The Morgan fingerprint density at radius 1 is 1.61 bits per heavy atom. The number of carboxylic acids is 1. The van der Waals surface area contributed by atoms with E-state index < -0.39 is 11.5 Å². The molecule has 0 saturated heterocycles. The summed E-state index contributed by atoms with van der Waals surface area (Å²) in [6.07, 6.45) is 6.69. The summed E-state index contributed by atoms with van der Waals surface area (Å²) >= 11 is 0. The van der Waals surface area contributed by atoms with Crippen LogP contribution in [0.4, 0.5) is 0 Å². The van der Waals surface area contributed by atoms with Gasteiger partial charge in [0, 0.05) is 11.7 Å². The molecule has 0 spiro atoms. The summed E-state index contributed by atoms with van der Waals surface area (Å²) < 4.78 is 2.10. The molecule has 1 aromatic heterocycles. The number of aryl methyl sites for hydroxylation is 1. The molecule has 1 aromatic rings. The third-order valence-corrected chi connectivity index (χ3v) is 3.74. The number of hydrogen-bond donors (Lipinski definition) is 2. The fourth-order valence-electron chi connectivity index (χ4n) is 2.67. The van der Waals surface area contributed by atoms with Gasteiger partial charge >= 0.3 is 5.97 Å². The number of aromatic nitrogens is 2. The van der Waals surface area contributed by atoms with E-state index in [1.807, 2.05) is 13.3 Å². The van der Waals surface area contributed by atoms with E-state index in [0.29, 0.717) is 6.42 Å². The van der Waals surface area contributed by atoms with Crippen molar-refractivity contribution in [3.8, 4) is 0 Å². The summed E-state index contributed by atoms with van der Waals surface area (Å²) in [5.41, 5.74) is 7.05. The number of carboxylic acid groups (broad SMARTS) is 1. The van der Waals surface area contributed by atoms with Crippen LogP contribution in [0.1, 0.15) is 50.5 Å². The number of fused-ring (bicyclic) bond motifs is 1. The zero-order valence-electron chi connectivity index (χ0n) is 11.0. The lowest BCUT2D eigenvalue weighted by atomic mass is 9.94. The Bertz CT molecular complexity index is 451. The van der Waals surface area contributed by atoms with E-state index >= 15 is 0 Å². The summed E-state index contributed by atoms with van der Waals surface area (Å²) in [5.74, 6) is -0.955. The standard InChI is InChI=1S/C13H21N3O2/c1-9(7-13(2,14)12(17)18)16-8-15-10-5-3-4-6-11(10)16/h8-9H,3-7,14H2,1-2H3,(H,17,18). The summed E-state index contributed by atoms with van der Waals surface area (Å²) in [7, 11) is 0. The molecule has 0 aromatic carbocycles. The van der Waals surface area contributed by atoms with Gasteiger partial charge in [0.25, 0.3) is 0 Å². The first-order valence-electron chi connectivity index (χ1n) is 6.48. The monoisotopic (exact) mass is 251 g/mol. The summed E-state index contributed by atoms with van der Waals surface area (Å²) in [5, 5.41) is 9.08. The van der Waals surface area contributed by atoms with Crippen LogP contribution in [0.25, 0.3) is 0 Å². The van der Waals surface area contributed by atoms with Gasteiger partial charge < -0.3 is 15.4 Å². The molecule has 2 atom stereocenters. The lowest BCUT2D eigenvalue weighted by Gasteiger charge is -2.26. The Kier molecular flexibility index (Phi) is 3.43. The molecule has 0 amide bonds. The maximum atomic E-state index is 11.1. The van der Waals surface area contributed by atoms with Crippen LogP contribution >= 0.6 is 0 Å². The molecular weight excluding hydrogens is 230 g/mol. The van der Waals surface area contributed by atoms with E-state index in [1.54, 1.807) is 6.92 Å². The second-order valence-corrected chi connectivity index (χ2v) is 5.53. The van der Waals surface area contributed by atoms with Crippen LogP contribution in [-0.2, 0) is 17.6 Å². The van der Waals surface area contributed by atoms with Crippen molar-refractivity contribution in [1.82, 2.24) is 9.55 Å². The smallest absolute Gasteiger partial charge is 0.323 e. The van der Waals surface area contributed by atoms with Crippen molar-refractivity contribution in [1.29, 1.82) is 0 Å². The fraction of sp³-hybridized carbons (Fsp3) is 0.692. The maximum absolute atomic E-state index is 11.1. The Balaban J connectivity index is 2.17. The molecule has 0 saturated carbocycles. The first-order chi connectivity index (χ1) is 8.42. The first kappa shape index (κ1) is 13.1. The molecule has 0 fully saturated rings. The van der Waals surface area contributed by atoms with Crippen molar-refractivity contribution in [2.75, 3.05) is 0 Å². The highest BCUT2D eigenvalue weighted by atomic mass is 16.4. The number of carbonyl (C=O) groups is 1. The van der Waals surface area contributed by atoms with E-state index in [4.69, 9.17) is 10.8 Å². The molecule has 1 heterocycles. The third kappa shape index (κ3) is 2.41. The van der Waals surface area contributed by atoms with Crippen LogP contribution in [-0.4, -0.2) is 26.2 Å². The van der Waals surface area contributed by atoms with Crippen LogP contribution in [0, 0.1) is 0 Å². The number of rotatable bonds is 4. The fourth-order valence-corrected chi connectivity index (χ4v) is 2.67. The van der Waals surface area contributed by atoms with Gasteiger partial charge in [-0.2, -0.15) is 0 Å². The SMILES string of the molecule is CC(CC(C)(N)C(=O)O)n1cnc2c1CCCC2. The minimum Gasteiger partial charge on any atom is -0.480 e. The minimum absolute atomic E-state index is 0.0606. The third-order valence-electron chi connectivity index (χ3n) is 3.74. The van der Waals surface area contributed by atoms with Crippen LogP contribution in [0.15, 0.2) is 6.33 Å². The Hall–Kier alpha value is -1.36. The Morgan fingerprint density at radius 2 is 2.28 bits per heavy atom. The van der Waals surface area contributed by atoms with Gasteiger partial charge in [-0.05, 0) is 46.0 Å². The molecule has 5 nitrogen and oxygen atoms in total. The molecule has 100 valence electrons. The van der Waals surface area contributed by atoms with E-state index in [0.717, 1.165) is 12.8 Å². The number of nitrogens with zero attached hydrogens (tertiary/aromatic N) is 2. The lowest BCUT2D eigenvalue weighted by molar-refractivity contribution is -0.143. The summed E-state index contributed by atoms with van der Waals surface area (Å²) in [6.45, 7) is 3.57. The molecule has 1 aliphatic rings. The van der Waals surface area contributed by atoms with E-state index in [1.165, 1.54) is 24.2 Å². The van der Waals surface area contributed by atoms with Gasteiger partial charge in [-0.1, -0.05) is 0 Å². The average molecular weight is 251 g/mol. The average Bonchev–Trinajstić information content (AvgIpc) is 2.71. The predicted octanol–water partition coefficient (Wildman–Crippen LogP) is 1.51. The van der Waals surface area contributed by atoms with Crippen molar-refractivity contribution >= 4 is 5.97 Å². The highest BCUT2D eigenvalue weighted by Gasteiger charge is 2.31. The van der Waals surface area contributed by atoms with Crippen LogP contribution in [0.5, 0.6) is 0 Å². The highest BCUT2D eigenvalue weighted by Crippen LogP contribution is 2.26. The van der Waals surface area contributed by atoms with Gasteiger partial charge in [-0.15, -0.1) is 0 Å². The van der Waals surface area contributed by atoms with Crippen molar-refractivity contribution in [2.24, 2.45) is 5.73 Å². The largest absolute Gasteiger partial charge is 0.480 e. The van der Waals surface area contributed by atoms with Gasteiger partial charge in [0.1, 0.15) is 5.54 Å². The zero-order chi connectivity index (χ0) is 13.3. The summed E-state index contributed by atoms with van der Waals surface area (Å²) in [6, 6.07) is 0.0606. The lowest BCUT2D eigenvalue weighted by Crippen LogP contribution is -2.46. The van der Waals surface area contributed by atoms with Gasteiger partial charge in [0.15, 0.2) is 0 Å². The highest BCUT2D eigenvalue weighted by molar-refractivity contribution is 5.77. The Labute approximate surface area is 107 Å². The second kappa shape index (κ2) is 4.72. The molecular formula is C13H21N3O2. The minimum atomic E-state index is -1.19. The molecule has 2 rings (SSSR count). The molecule has 1 aliphatic carbocycles. The molecule has 2 unspecified atom stereocenters. The zero-order valence-corrected chi connectivity index (χ0v) is 11.0. The first-order valence-corrected chi connectivity index (χ1v) is 6.48. The van der Waals surface area contributed by atoms with Crippen LogP contribution in [0.2, 0.25) is 0 Å². The van der Waals surface area contributed by atoms with Crippen LogP contribution < -0.4 is 5.73 Å². The Morgan fingerprint density at radius 3 is 2.94 bits per heavy atom. The molecule has 0 bridgehead atoms.